The van der Waals surface area contributed by atoms with E-state index >= 15 is 0 Å². The molecule has 20 heavy (non-hydrogen) atoms. The van der Waals surface area contributed by atoms with Gasteiger partial charge in [-0.05, 0) is 12.2 Å². The fourth-order valence-corrected chi connectivity index (χ4v) is 1.81. The highest BCUT2D eigenvalue weighted by atomic mass is 35.5. The third kappa shape index (κ3) is 4.25. The van der Waals surface area contributed by atoms with Crippen LogP contribution in [0.2, 0.25) is 5.02 Å². The molecule has 110 valence electrons. The number of halogens is 1. The number of carbonyl (C=O) groups excluding carboxylic acids is 1. The molecule has 0 fully saturated rings. The number of hydrogen-bond donors (Lipinski definition) is 2. The normalized spacial score (nSPS) is 10.1. The van der Waals surface area contributed by atoms with Crippen molar-refractivity contribution in [3.63, 3.8) is 0 Å². The summed E-state index contributed by atoms with van der Waals surface area (Å²) in [6, 6.07) is 3.25. The second kappa shape index (κ2) is 7.31. The number of benzene rings is 1. The Bertz CT molecular complexity index is 521. The largest absolute Gasteiger partial charge is 0.495 e. The van der Waals surface area contributed by atoms with Crippen molar-refractivity contribution in [1.29, 1.82) is 0 Å². The van der Waals surface area contributed by atoms with Crippen LogP contribution in [0, 0.1) is 5.92 Å². The zero-order valence-corrected chi connectivity index (χ0v) is 13.3. The van der Waals surface area contributed by atoms with Gasteiger partial charge in [0.1, 0.15) is 11.5 Å². The first-order valence-corrected chi connectivity index (χ1v) is 6.71. The van der Waals surface area contributed by atoms with E-state index in [-0.39, 0.29) is 16.9 Å². The monoisotopic (exact) mass is 316 g/mol. The Balaban J connectivity index is 2.91. The summed E-state index contributed by atoms with van der Waals surface area (Å²) in [5.74, 6) is 0.656. The maximum atomic E-state index is 11.6. The highest BCUT2D eigenvalue weighted by Gasteiger charge is 2.13. The lowest BCUT2D eigenvalue weighted by Crippen LogP contribution is -2.36. The van der Waals surface area contributed by atoms with E-state index in [0.29, 0.717) is 22.2 Å². The molecule has 0 aliphatic rings. The van der Waals surface area contributed by atoms with Crippen LogP contribution in [0.5, 0.6) is 11.5 Å². The van der Waals surface area contributed by atoms with Crippen LogP contribution in [0.25, 0.3) is 0 Å². The summed E-state index contributed by atoms with van der Waals surface area (Å²) >= 11 is 11.1. The van der Waals surface area contributed by atoms with Gasteiger partial charge in [0.15, 0.2) is 5.11 Å². The molecule has 5 nitrogen and oxygen atoms in total. The molecular formula is C13H17ClN2O3S. The number of amides is 1. The van der Waals surface area contributed by atoms with Gasteiger partial charge in [0.2, 0.25) is 5.91 Å². The average molecular weight is 317 g/mol. The van der Waals surface area contributed by atoms with Crippen molar-refractivity contribution in [3.05, 3.63) is 17.2 Å². The Morgan fingerprint density at radius 3 is 2.35 bits per heavy atom. The first-order valence-electron chi connectivity index (χ1n) is 5.92. The highest BCUT2D eigenvalue weighted by Crippen LogP contribution is 2.35. The Kier molecular flexibility index (Phi) is 6.04. The Labute approximate surface area is 128 Å². The summed E-state index contributed by atoms with van der Waals surface area (Å²) in [6.45, 7) is 3.56. The molecule has 1 amide bonds. The van der Waals surface area contributed by atoms with Crippen molar-refractivity contribution in [2.45, 2.75) is 13.8 Å². The molecular weight excluding hydrogens is 300 g/mol. The van der Waals surface area contributed by atoms with E-state index in [4.69, 9.17) is 33.3 Å². The standard InChI is InChI=1S/C13H17ClN2O3S/c1-7(2)12(17)16-13(20)15-9-6-10(18-3)8(14)5-11(9)19-4/h5-7H,1-4H3,(H2,15,16,17,20). The first-order chi connectivity index (χ1) is 9.38. The Hall–Kier alpha value is -1.53. The Morgan fingerprint density at radius 2 is 1.85 bits per heavy atom. The molecule has 0 saturated heterocycles. The molecule has 0 aromatic heterocycles. The molecule has 0 bridgehead atoms. The quantitative estimate of drug-likeness (QED) is 0.837. The summed E-state index contributed by atoms with van der Waals surface area (Å²) in [7, 11) is 3.02. The minimum absolute atomic E-state index is 0.156. The van der Waals surface area contributed by atoms with Gasteiger partial charge in [-0.15, -0.1) is 0 Å². The molecule has 1 aromatic rings. The summed E-state index contributed by atoms with van der Waals surface area (Å²) in [6.07, 6.45) is 0. The van der Waals surface area contributed by atoms with Gasteiger partial charge in [-0.25, -0.2) is 0 Å². The number of thiocarbonyl (C=S) groups is 1. The first kappa shape index (κ1) is 16.5. The van der Waals surface area contributed by atoms with E-state index in [0.717, 1.165) is 0 Å². The maximum Gasteiger partial charge on any atom is 0.228 e. The maximum absolute atomic E-state index is 11.6. The third-order valence-electron chi connectivity index (χ3n) is 2.48. The van der Waals surface area contributed by atoms with E-state index in [1.165, 1.54) is 14.2 Å². The summed E-state index contributed by atoms with van der Waals surface area (Å²) < 4.78 is 10.3. The molecule has 0 atom stereocenters. The van der Waals surface area contributed by atoms with Gasteiger partial charge in [-0.2, -0.15) is 0 Å². The lowest BCUT2D eigenvalue weighted by molar-refractivity contribution is -0.122. The van der Waals surface area contributed by atoms with Crippen molar-refractivity contribution in [2.24, 2.45) is 5.92 Å². The number of methoxy groups -OCH3 is 2. The van der Waals surface area contributed by atoms with E-state index < -0.39 is 0 Å². The van der Waals surface area contributed by atoms with Crippen LogP contribution in [-0.4, -0.2) is 25.2 Å². The predicted molar refractivity (Wildman–Crippen MR) is 83.8 cm³/mol. The molecule has 0 aliphatic carbocycles. The predicted octanol–water partition coefficient (Wildman–Crippen LogP) is 2.83. The van der Waals surface area contributed by atoms with Crippen molar-refractivity contribution in [3.8, 4) is 11.5 Å². The molecule has 0 heterocycles. The molecule has 0 radical (unpaired) electrons. The number of ether oxygens (including phenoxy) is 2. The Morgan fingerprint density at radius 1 is 1.25 bits per heavy atom. The van der Waals surface area contributed by atoms with Crippen LogP contribution >= 0.6 is 23.8 Å². The molecule has 0 aliphatic heterocycles. The van der Waals surface area contributed by atoms with Gasteiger partial charge in [-0.1, -0.05) is 25.4 Å². The van der Waals surface area contributed by atoms with Crippen molar-refractivity contribution < 1.29 is 14.3 Å². The van der Waals surface area contributed by atoms with Gasteiger partial charge in [0.25, 0.3) is 0 Å². The average Bonchev–Trinajstić information content (AvgIpc) is 2.39. The minimum atomic E-state index is -0.164. The lowest BCUT2D eigenvalue weighted by atomic mass is 10.2. The van der Waals surface area contributed by atoms with E-state index in [9.17, 15) is 4.79 Å². The van der Waals surface area contributed by atoms with E-state index in [1.54, 1.807) is 26.0 Å². The summed E-state index contributed by atoms with van der Waals surface area (Å²) in [4.78, 5) is 11.6. The number of rotatable bonds is 4. The van der Waals surface area contributed by atoms with E-state index in [2.05, 4.69) is 10.6 Å². The fraction of sp³-hybridized carbons (Fsp3) is 0.385. The second-order valence-electron chi connectivity index (χ2n) is 4.29. The van der Waals surface area contributed by atoms with Crippen LogP contribution in [0.3, 0.4) is 0 Å². The molecule has 0 saturated carbocycles. The minimum Gasteiger partial charge on any atom is -0.495 e. The highest BCUT2D eigenvalue weighted by molar-refractivity contribution is 7.80. The zero-order chi connectivity index (χ0) is 15.3. The SMILES string of the molecule is COc1cc(NC(=S)NC(=O)C(C)C)c(OC)cc1Cl. The fourth-order valence-electron chi connectivity index (χ4n) is 1.37. The van der Waals surface area contributed by atoms with Crippen LogP contribution in [0.4, 0.5) is 5.69 Å². The van der Waals surface area contributed by atoms with Crippen molar-refractivity contribution >= 4 is 40.5 Å². The number of carbonyl (C=O) groups is 1. The van der Waals surface area contributed by atoms with Crippen LogP contribution in [0.15, 0.2) is 12.1 Å². The van der Waals surface area contributed by atoms with Gasteiger partial charge in [-0.3, -0.25) is 4.79 Å². The molecule has 2 N–H and O–H groups in total. The lowest BCUT2D eigenvalue weighted by Gasteiger charge is -2.15. The molecule has 1 rings (SSSR count). The van der Waals surface area contributed by atoms with Gasteiger partial charge in [0, 0.05) is 18.1 Å². The van der Waals surface area contributed by atoms with E-state index in [1.807, 2.05) is 0 Å². The smallest absolute Gasteiger partial charge is 0.228 e. The zero-order valence-electron chi connectivity index (χ0n) is 11.7. The van der Waals surface area contributed by atoms with Crippen LogP contribution < -0.4 is 20.1 Å². The topological polar surface area (TPSA) is 59.6 Å². The molecule has 0 unspecified atom stereocenters. The number of anilines is 1. The molecule has 0 spiro atoms. The summed E-state index contributed by atoms with van der Waals surface area (Å²) in [5.41, 5.74) is 0.558. The van der Waals surface area contributed by atoms with Crippen LogP contribution in [-0.2, 0) is 4.79 Å². The van der Waals surface area contributed by atoms with Crippen LogP contribution in [0.1, 0.15) is 13.8 Å². The van der Waals surface area contributed by atoms with Crippen molar-refractivity contribution in [2.75, 3.05) is 19.5 Å². The van der Waals surface area contributed by atoms with Gasteiger partial charge >= 0.3 is 0 Å². The number of hydrogen-bond acceptors (Lipinski definition) is 4. The molecule has 7 heteroatoms. The summed E-state index contributed by atoms with van der Waals surface area (Å²) in [5, 5.41) is 6.08. The number of nitrogens with one attached hydrogen (secondary N) is 2. The van der Waals surface area contributed by atoms with Gasteiger partial charge < -0.3 is 20.1 Å². The van der Waals surface area contributed by atoms with Gasteiger partial charge in [0.05, 0.1) is 24.9 Å². The molecule has 1 aromatic carbocycles. The van der Waals surface area contributed by atoms with Crippen molar-refractivity contribution in [1.82, 2.24) is 5.32 Å². The second-order valence-corrected chi connectivity index (χ2v) is 5.10. The third-order valence-corrected chi connectivity index (χ3v) is 2.98.